The fraction of sp³-hybridized carbons (Fsp3) is 0.467. The fourth-order valence-corrected chi connectivity index (χ4v) is 2.69. The van der Waals surface area contributed by atoms with E-state index in [9.17, 15) is 4.79 Å². The molecule has 0 unspecified atom stereocenters. The van der Waals surface area contributed by atoms with Gasteiger partial charge in [0.15, 0.2) is 0 Å². The van der Waals surface area contributed by atoms with Crippen LogP contribution in [0.5, 0.6) is 0 Å². The lowest BCUT2D eigenvalue weighted by molar-refractivity contribution is 0.0540. The summed E-state index contributed by atoms with van der Waals surface area (Å²) in [4.78, 5) is 21.8. The van der Waals surface area contributed by atoms with E-state index in [1.54, 1.807) is 12.4 Å². The molecular weight excluding hydrogens is 254 g/mol. The molecule has 1 saturated heterocycles. The van der Waals surface area contributed by atoms with Gasteiger partial charge in [0.25, 0.3) is 5.91 Å². The minimum atomic E-state index is 0.0438. The largest absolute Gasteiger partial charge is 0.376 e. The molecule has 1 atom stereocenters. The standard InChI is InChI=1S/C15H19N3O2/c1-2-18(10-11-5-4-8-20-11)15(19)13-9-17-14-12(13)6-3-7-16-14/h3,6-7,9,11H,2,4-5,8,10H2,1H3,(H,16,17)/t11-/m0/s1. The van der Waals surface area contributed by atoms with E-state index in [4.69, 9.17) is 4.74 Å². The van der Waals surface area contributed by atoms with Crippen LogP contribution < -0.4 is 0 Å². The van der Waals surface area contributed by atoms with Crippen molar-refractivity contribution in [2.45, 2.75) is 25.9 Å². The lowest BCUT2D eigenvalue weighted by Crippen LogP contribution is -2.37. The van der Waals surface area contributed by atoms with Gasteiger partial charge in [-0.3, -0.25) is 4.79 Å². The number of aromatic amines is 1. The molecule has 0 aliphatic carbocycles. The minimum Gasteiger partial charge on any atom is -0.376 e. The van der Waals surface area contributed by atoms with Crippen LogP contribution in [0.15, 0.2) is 24.5 Å². The van der Waals surface area contributed by atoms with Gasteiger partial charge >= 0.3 is 0 Å². The number of nitrogens with zero attached hydrogens (tertiary/aromatic N) is 2. The molecule has 1 aliphatic rings. The first-order valence-electron chi connectivity index (χ1n) is 7.12. The summed E-state index contributed by atoms with van der Waals surface area (Å²) in [5.41, 5.74) is 1.44. The monoisotopic (exact) mass is 273 g/mol. The van der Waals surface area contributed by atoms with Crippen molar-refractivity contribution in [3.8, 4) is 0 Å². The van der Waals surface area contributed by atoms with E-state index >= 15 is 0 Å². The first-order chi connectivity index (χ1) is 9.79. The van der Waals surface area contributed by atoms with Crippen LogP contribution in [0, 0.1) is 0 Å². The normalized spacial score (nSPS) is 18.6. The Balaban J connectivity index is 1.82. The summed E-state index contributed by atoms with van der Waals surface area (Å²) in [5, 5.41) is 0.878. The van der Waals surface area contributed by atoms with Crippen LogP contribution in [0.3, 0.4) is 0 Å². The van der Waals surface area contributed by atoms with Crippen LogP contribution >= 0.6 is 0 Å². The van der Waals surface area contributed by atoms with Gasteiger partial charge in [-0.2, -0.15) is 0 Å². The molecule has 0 aromatic carbocycles. The summed E-state index contributed by atoms with van der Waals surface area (Å²) >= 11 is 0. The number of nitrogens with one attached hydrogen (secondary N) is 1. The van der Waals surface area contributed by atoms with Crippen molar-refractivity contribution in [3.63, 3.8) is 0 Å². The zero-order valence-electron chi connectivity index (χ0n) is 11.6. The second-order valence-electron chi connectivity index (χ2n) is 5.08. The highest BCUT2D eigenvalue weighted by atomic mass is 16.5. The van der Waals surface area contributed by atoms with Crippen LogP contribution in [0.2, 0.25) is 0 Å². The van der Waals surface area contributed by atoms with Gasteiger partial charge in [0, 0.05) is 37.5 Å². The summed E-state index contributed by atoms with van der Waals surface area (Å²) in [6.45, 7) is 4.17. The molecule has 20 heavy (non-hydrogen) atoms. The number of amides is 1. The number of ether oxygens (including phenoxy) is 1. The highest BCUT2D eigenvalue weighted by Crippen LogP contribution is 2.19. The molecule has 3 heterocycles. The van der Waals surface area contributed by atoms with E-state index in [-0.39, 0.29) is 12.0 Å². The maximum atomic E-state index is 12.7. The van der Waals surface area contributed by atoms with Crippen LogP contribution in [0.4, 0.5) is 0 Å². The van der Waals surface area contributed by atoms with E-state index < -0.39 is 0 Å². The Bertz CT molecular complexity index is 602. The van der Waals surface area contributed by atoms with E-state index in [1.165, 1.54) is 0 Å². The van der Waals surface area contributed by atoms with E-state index in [1.807, 2.05) is 24.0 Å². The predicted molar refractivity (Wildman–Crippen MR) is 76.6 cm³/mol. The molecule has 5 nitrogen and oxygen atoms in total. The van der Waals surface area contributed by atoms with Gasteiger partial charge in [-0.1, -0.05) is 0 Å². The number of fused-ring (bicyclic) bond motifs is 1. The molecule has 3 rings (SSSR count). The number of rotatable bonds is 4. The average molecular weight is 273 g/mol. The number of aromatic nitrogens is 2. The van der Waals surface area contributed by atoms with Crippen molar-refractivity contribution in [1.29, 1.82) is 0 Å². The summed E-state index contributed by atoms with van der Waals surface area (Å²) in [5.74, 6) is 0.0438. The SMILES string of the molecule is CCN(C[C@@H]1CCCO1)C(=O)c1c[nH]c2ncccc12. The smallest absolute Gasteiger partial charge is 0.256 e. The third-order valence-electron chi connectivity index (χ3n) is 3.80. The Hall–Kier alpha value is -1.88. The van der Waals surface area contributed by atoms with Crippen LogP contribution in [-0.2, 0) is 4.74 Å². The summed E-state index contributed by atoms with van der Waals surface area (Å²) in [6.07, 6.45) is 5.78. The number of carbonyl (C=O) groups is 1. The lowest BCUT2D eigenvalue weighted by atomic mass is 10.1. The summed E-state index contributed by atoms with van der Waals surface area (Å²) in [7, 11) is 0. The number of H-pyrrole nitrogens is 1. The van der Waals surface area contributed by atoms with Crippen molar-refractivity contribution >= 4 is 16.9 Å². The van der Waals surface area contributed by atoms with Gasteiger partial charge < -0.3 is 14.6 Å². The van der Waals surface area contributed by atoms with E-state index in [0.717, 1.165) is 30.5 Å². The van der Waals surface area contributed by atoms with E-state index in [0.29, 0.717) is 18.7 Å². The molecule has 0 saturated carbocycles. The second kappa shape index (κ2) is 5.63. The molecule has 2 aromatic heterocycles. The summed E-state index contributed by atoms with van der Waals surface area (Å²) in [6, 6.07) is 3.77. The molecule has 0 spiro atoms. The Labute approximate surface area is 117 Å². The lowest BCUT2D eigenvalue weighted by Gasteiger charge is -2.23. The van der Waals surface area contributed by atoms with Crippen molar-refractivity contribution < 1.29 is 9.53 Å². The third kappa shape index (κ3) is 2.41. The fourth-order valence-electron chi connectivity index (χ4n) is 2.69. The number of carbonyl (C=O) groups excluding carboxylic acids is 1. The van der Waals surface area contributed by atoms with Crippen molar-refractivity contribution in [2.75, 3.05) is 19.7 Å². The van der Waals surface area contributed by atoms with Gasteiger partial charge in [0.05, 0.1) is 11.7 Å². The molecule has 5 heteroatoms. The minimum absolute atomic E-state index is 0.0438. The molecule has 1 amide bonds. The maximum absolute atomic E-state index is 12.7. The Morgan fingerprint density at radius 2 is 2.50 bits per heavy atom. The van der Waals surface area contributed by atoms with Crippen LogP contribution in [0.25, 0.3) is 11.0 Å². The van der Waals surface area contributed by atoms with E-state index in [2.05, 4.69) is 9.97 Å². The van der Waals surface area contributed by atoms with Crippen molar-refractivity contribution in [3.05, 3.63) is 30.1 Å². The average Bonchev–Trinajstić information content (AvgIpc) is 3.13. The molecule has 0 bridgehead atoms. The first-order valence-corrected chi connectivity index (χ1v) is 7.12. The maximum Gasteiger partial charge on any atom is 0.256 e. The van der Waals surface area contributed by atoms with Crippen LogP contribution in [0.1, 0.15) is 30.1 Å². The number of likely N-dealkylation sites (N-methyl/N-ethyl adjacent to an activating group) is 1. The molecule has 1 fully saturated rings. The highest BCUT2D eigenvalue weighted by molar-refractivity contribution is 6.05. The molecule has 1 aliphatic heterocycles. The summed E-state index contributed by atoms with van der Waals surface area (Å²) < 4.78 is 5.63. The second-order valence-corrected chi connectivity index (χ2v) is 5.08. The quantitative estimate of drug-likeness (QED) is 0.929. The topological polar surface area (TPSA) is 58.2 Å². The van der Waals surface area contributed by atoms with Crippen molar-refractivity contribution in [1.82, 2.24) is 14.9 Å². The zero-order valence-corrected chi connectivity index (χ0v) is 11.6. The Kier molecular flexibility index (Phi) is 3.69. The van der Waals surface area contributed by atoms with Gasteiger partial charge in [-0.05, 0) is 31.9 Å². The van der Waals surface area contributed by atoms with Gasteiger partial charge in [0.2, 0.25) is 0 Å². The number of pyridine rings is 1. The molecule has 106 valence electrons. The predicted octanol–water partition coefficient (Wildman–Crippen LogP) is 2.20. The van der Waals surface area contributed by atoms with Gasteiger partial charge in [-0.25, -0.2) is 4.98 Å². The van der Waals surface area contributed by atoms with Crippen LogP contribution in [-0.4, -0.2) is 46.6 Å². The molecule has 0 radical (unpaired) electrons. The third-order valence-corrected chi connectivity index (χ3v) is 3.80. The molecular formula is C15H19N3O2. The van der Waals surface area contributed by atoms with Gasteiger partial charge in [-0.15, -0.1) is 0 Å². The van der Waals surface area contributed by atoms with Gasteiger partial charge in [0.1, 0.15) is 5.65 Å². The van der Waals surface area contributed by atoms with Crippen molar-refractivity contribution in [2.24, 2.45) is 0 Å². The molecule has 1 N–H and O–H groups in total. The number of hydrogen-bond acceptors (Lipinski definition) is 3. The Morgan fingerprint density at radius 1 is 1.60 bits per heavy atom. The number of hydrogen-bond donors (Lipinski definition) is 1. The molecule has 2 aromatic rings. The highest BCUT2D eigenvalue weighted by Gasteiger charge is 2.23. The first kappa shape index (κ1) is 13.1. The Morgan fingerprint density at radius 3 is 3.25 bits per heavy atom. The zero-order chi connectivity index (χ0) is 13.9.